The summed E-state index contributed by atoms with van der Waals surface area (Å²) in [6.07, 6.45) is 5.66. The molecule has 104 valence electrons. The van der Waals surface area contributed by atoms with E-state index in [1.54, 1.807) is 4.90 Å². The highest BCUT2D eigenvalue weighted by atomic mass is 79.9. The molecule has 1 atom stereocenters. The molecule has 1 aliphatic rings. The van der Waals surface area contributed by atoms with Crippen molar-refractivity contribution in [1.82, 2.24) is 0 Å². The zero-order chi connectivity index (χ0) is 13.7. The Morgan fingerprint density at radius 1 is 1.26 bits per heavy atom. The van der Waals surface area contributed by atoms with Crippen LogP contribution in [0, 0.1) is 0 Å². The molecular weight excluding hydrogens is 306 g/mol. The van der Waals surface area contributed by atoms with Gasteiger partial charge in [-0.15, -0.1) is 0 Å². The molecule has 3 nitrogen and oxygen atoms in total. The lowest BCUT2D eigenvalue weighted by atomic mass is 10.1. The van der Waals surface area contributed by atoms with Crippen molar-refractivity contribution in [2.75, 3.05) is 11.4 Å². The minimum absolute atomic E-state index is 0.0491. The summed E-state index contributed by atoms with van der Waals surface area (Å²) < 4.78 is 6.43. The predicted molar refractivity (Wildman–Crippen MR) is 80.5 cm³/mol. The first-order chi connectivity index (χ1) is 9.20. The molecule has 0 aliphatic carbocycles. The van der Waals surface area contributed by atoms with E-state index in [4.69, 9.17) is 4.74 Å². The van der Waals surface area contributed by atoms with E-state index in [0.717, 1.165) is 23.0 Å². The molecule has 1 fully saturated rings. The Labute approximate surface area is 123 Å². The van der Waals surface area contributed by atoms with Gasteiger partial charge in [-0.2, -0.15) is 0 Å². The molecule has 1 aromatic rings. The summed E-state index contributed by atoms with van der Waals surface area (Å²) in [5, 5.41) is 0. The van der Waals surface area contributed by atoms with Gasteiger partial charge >= 0.3 is 6.09 Å². The smallest absolute Gasteiger partial charge is 0.414 e. The summed E-state index contributed by atoms with van der Waals surface area (Å²) in [7, 11) is 0. The van der Waals surface area contributed by atoms with Crippen LogP contribution >= 0.6 is 15.9 Å². The molecule has 1 saturated heterocycles. The Morgan fingerprint density at radius 2 is 2.00 bits per heavy atom. The first kappa shape index (κ1) is 14.4. The molecule has 0 unspecified atom stereocenters. The second-order valence-corrected chi connectivity index (χ2v) is 5.86. The number of benzene rings is 1. The number of nitrogens with zero attached hydrogens (tertiary/aromatic N) is 1. The number of unbranched alkanes of at least 4 members (excludes halogenated alkanes) is 3. The maximum Gasteiger partial charge on any atom is 0.414 e. The predicted octanol–water partition coefficient (Wildman–Crippen LogP) is 4.74. The van der Waals surface area contributed by atoms with Gasteiger partial charge in [0.1, 0.15) is 6.10 Å². The van der Waals surface area contributed by atoms with E-state index < -0.39 is 0 Å². The van der Waals surface area contributed by atoms with Gasteiger partial charge in [-0.05, 0) is 37.1 Å². The molecule has 1 heterocycles. The standard InChI is InChI=1S/C15H20BrNO2/c1-2-3-4-5-6-14-11-17(15(18)19-14)13-9-7-12(16)8-10-13/h7-10,14H,2-6,11H2,1H3/t14-/m1/s1. The quantitative estimate of drug-likeness (QED) is 0.706. The number of halogens is 1. The van der Waals surface area contributed by atoms with E-state index in [0.29, 0.717) is 6.54 Å². The second-order valence-electron chi connectivity index (χ2n) is 4.94. The van der Waals surface area contributed by atoms with E-state index in [1.165, 1.54) is 19.3 Å². The molecule has 19 heavy (non-hydrogen) atoms. The van der Waals surface area contributed by atoms with Gasteiger partial charge in [0.15, 0.2) is 0 Å². The van der Waals surface area contributed by atoms with Crippen molar-refractivity contribution in [3.8, 4) is 0 Å². The third-order valence-corrected chi connectivity index (χ3v) is 3.92. The van der Waals surface area contributed by atoms with Gasteiger partial charge in [0.2, 0.25) is 0 Å². The van der Waals surface area contributed by atoms with Crippen molar-refractivity contribution in [1.29, 1.82) is 0 Å². The zero-order valence-electron chi connectivity index (χ0n) is 11.3. The van der Waals surface area contributed by atoms with Crippen LogP contribution in [-0.2, 0) is 4.74 Å². The van der Waals surface area contributed by atoms with Crippen molar-refractivity contribution >= 4 is 27.7 Å². The number of rotatable bonds is 6. The van der Waals surface area contributed by atoms with Gasteiger partial charge in [0, 0.05) is 10.2 Å². The summed E-state index contributed by atoms with van der Waals surface area (Å²) in [5.41, 5.74) is 0.907. The molecular formula is C15H20BrNO2. The summed E-state index contributed by atoms with van der Waals surface area (Å²) in [5.74, 6) is 0. The Kier molecular flexibility index (Phi) is 5.25. The lowest BCUT2D eigenvalue weighted by Gasteiger charge is -2.12. The van der Waals surface area contributed by atoms with Crippen molar-refractivity contribution in [2.24, 2.45) is 0 Å². The molecule has 1 aromatic carbocycles. The first-order valence-electron chi connectivity index (χ1n) is 6.94. The van der Waals surface area contributed by atoms with E-state index in [1.807, 2.05) is 24.3 Å². The normalized spacial score (nSPS) is 18.7. The highest BCUT2D eigenvalue weighted by Gasteiger charge is 2.31. The van der Waals surface area contributed by atoms with Crippen molar-refractivity contribution in [2.45, 2.75) is 45.1 Å². The van der Waals surface area contributed by atoms with Gasteiger partial charge < -0.3 is 4.74 Å². The molecule has 0 radical (unpaired) electrons. The number of carbonyl (C=O) groups is 1. The summed E-state index contributed by atoms with van der Waals surface area (Å²) in [6, 6.07) is 7.75. The van der Waals surface area contributed by atoms with Gasteiger partial charge in [-0.25, -0.2) is 4.79 Å². The third-order valence-electron chi connectivity index (χ3n) is 3.39. The van der Waals surface area contributed by atoms with Gasteiger partial charge in [0.05, 0.1) is 6.54 Å². The molecule has 0 bridgehead atoms. The summed E-state index contributed by atoms with van der Waals surface area (Å²) >= 11 is 3.40. The van der Waals surface area contributed by atoms with Crippen LogP contribution in [0.2, 0.25) is 0 Å². The van der Waals surface area contributed by atoms with Crippen LogP contribution in [0.15, 0.2) is 28.7 Å². The first-order valence-corrected chi connectivity index (χ1v) is 7.73. The number of ether oxygens (including phenoxy) is 1. The number of amides is 1. The SMILES string of the molecule is CCCCCC[C@@H]1CN(c2ccc(Br)cc2)C(=O)O1. The highest BCUT2D eigenvalue weighted by molar-refractivity contribution is 9.10. The minimum atomic E-state index is -0.220. The topological polar surface area (TPSA) is 29.5 Å². The fourth-order valence-electron chi connectivity index (χ4n) is 2.30. The number of hydrogen-bond donors (Lipinski definition) is 0. The fraction of sp³-hybridized carbons (Fsp3) is 0.533. The number of hydrogen-bond acceptors (Lipinski definition) is 2. The van der Waals surface area contributed by atoms with Gasteiger partial charge in [-0.3, -0.25) is 4.90 Å². The van der Waals surface area contributed by atoms with Crippen molar-refractivity contribution in [3.63, 3.8) is 0 Å². The molecule has 2 rings (SSSR count). The summed E-state index contributed by atoms with van der Waals surface area (Å²) in [6.45, 7) is 2.87. The van der Waals surface area contributed by atoms with Gasteiger partial charge in [-0.1, -0.05) is 42.1 Å². The molecule has 0 spiro atoms. The Morgan fingerprint density at radius 3 is 2.68 bits per heavy atom. The highest BCUT2D eigenvalue weighted by Crippen LogP contribution is 2.25. The third kappa shape index (κ3) is 3.96. The minimum Gasteiger partial charge on any atom is -0.444 e. The monoisotopic (exact) mass is 325 g/mol. The largest absolute Gasteiger partial charge is 0.444 e. The number of carbonyl (C=O) groups excluding carboxylic acids is 1. The van der Waals surface area contributed by atoms with Crippen molar-refractivity contribution < 1.29 is 9.53 Å². The Balaban J connectivity index is 1.87. The van der Waals surface area contributed by atoms with E-state index in [9.17, 15) is 4.79 Å². The molecule has 0 aromatic heterocycles. The average Bonchev–Trinajstić information content (AvgIpc) is 2.77. The molecule has 0 saturated carbocycles. The zero-order valence-corrected chi connectivity index (χ0v) is 12.9. The number of cyclic esters (lactones) is 1. The Bertz CT molecular complexity index is 419. The van der Waals surface area contributed by atoms with Crippen LogP contribution in [0.4, 0.5) is 10.5 Å². The van der Waals surface area contributed by atoms with Crippen LogP contribution in [-0.4, -0.2) is 18.7 Å². The Hall–Kier alpha value is -1.03. The van der Waals surface area contributed by atoms with E-state index in [-0.39, 0.29) is 12.2 Å². The second kappa shape index (κ2) is 6.94. The van der Waals surface area contributed by atoms with E-state index in [2.05, 4.69) is 22.9 Å². The maximum atomic E-state index is 11.9. The lowest BCUT2D eigenvalue weighted by Crippen LogP contribution is -2.24. The maximum absolute atomic E-state index is 11.9. The van der Waals surface area contributed by atoms with Crippen LogP contribution < -0.4 is 4.90 Å². The van der Waals surface area contributed by atoms with Crippen molar-refractivity contribution in [3.05, 3.63) is 28.7 Å². The van der Waals surface area contributed by atoms with Crippen LogP contribution in [0.5, 0.6) is 0 Å². The average molecular weight is 326 g/mol. The lowest BCUT2D eigenvalue weighted by molar-refractivity contribution is 0.135. The van der Waals surface area contributed by atoms with Crippen LogP contribution in [0.3, 0.4) is 0 Å². The van der Waals surface area contributed by atoms with E-state index >= 15 is 0 Å². The van der Waals surface area contributed by atoms with Crippen LogP contribution in [0.1, 0.15) is 39.0 Å². The van der Waals surface area contributed by atoms with Crippen LogP contribution in [0.25, 0.3) is 0 Å². The fourth-order valence-corrected chi connectivity index (χ4v) is 2.57. The molecule has 1 amide bonds. The van der Waals surface area contributed by atoms with Gasteiger partial charge in [0.25, 0.3) is 0 Å². The molecule has 4 heteroatoms. The number of anilines is 1. The summed E-state index contributed by atoms with van der Waals surface area (Å²) in [4.78, 5) is 13.6. The molecule has 0 N–H and O–H groups in total. The molecule has 1 aliphatic heterocycles.